The topological polar surface area (TPSA) is 92.5 Å². The number of carbonyl (C=O) groups excluding carboxylic acids is 1. The zero-order valence-electron chi connectivity index (χ0n) is 16.6. The lowest BCUT2D eigenvalue weighted by molar-refractivity contribution is 0.0616. The number of morpholine rings is 1. The Morgan fingerprint density at radius 3 is 2.30 bits per heavy atom. The maximum Gasteiger partial charge on any atom is 0.290 e. The van der Waals surface area contributed by atoms with Crippen molar-refractivity contribution >= 4 is 16.1 Å². The highest BCUT2D eigenvalue weighted by Gasteiger charge is 2.35. The molecule has 2 aliphatic heterocycles. The summed E-state index contributed by atoms with van der Waals surface area (Å²) in [6.45, 7) is 2.87. The number of rotatable bonds is 6. The second-order valence-corrected chi connectivity index (χ2v) is 9.02. The molecule has 10 heteroatoms. The summed E-state index contributed by atoms with van der Waals surface area (Å²) in [4.78, 5) is 14.6. The molecule has 1 amide bonds. The number of piperazine rings is 1. The predicted octanol–water partition coefficient (Wildman–Crippen LogP) is 1.19. The van der Waals surface area contributed by atoms with Crippen LogP contribution in [-0.2, 0) is 21.6 Å². The third-order valence-corrected chi connectivity index (χ3v) is 7.26. The van der Waals surface area contributed by atoms with Crippen molar-refractivity contribution in [3.8, 4) is 5.75 Å². The Morgan fingerprint density at radius 1 is 0.933 bits per heavy atom. The van der Waals surface area contributed by atoms with Crippen molar-refractivity contribution in [1.82, 2.24) is 13.5 Å². The molecule has 162 valence electrons. The smallest absolute Gasteiger partial charge is 0.290 e. The van der Waals surface area contributed by atoms with Crippen LogP contribution < -0.4 is 4.74 Å². The molecule has 2 aliphatic rings. The van der Waals surface area contributed by atoms with Gasteiger partial charge in [-0.3, -0.25) is 4.79 Å². The van der Waals surface area contributed by atoms with E-state index < -0.39 is 10.2 Å². The van der Waals surface area contributed by atoms with Gasteiger partial charge in [0.1, 0.15) is 12.4 Å². The van der Waals surface area contributed by atoms with Gasteiger partial charge in [0.15, 0.2) is 5.76 Å². The lowest BCUT2D eigenvalue weighted by Crippen LogP contribution is -2.55. The number of carbonyl (C=O) groups is 1. The largest absolute Gasteiger partial charge is 0.489 e. The second kappa shape index (κ2) is 9.17. The number of benzene rings is 1. The fraction of sp³-hybridized carbons (Fsp3) is 0.450. The van der Waals surface area contributed by atoms with Crippen LogP contribution in [0.25, 0.3) is 0 Å². The van der Waals surface area contributed by atoms with Gasteiger partial charge in [0.25, 0.3) is 16.1 Å². The Kier molecular flexibility index (Phi) is 6.38. The molecule has 1 aromatic carbocycles. The quantitative estimate of drug-likeness (QED) is 0.677. The van der Waals surface area contributed by atoms with Crippen LogP contribution in [0.5, 0.6) is 5.75 Å². The summed E-state index contributed by atoms with van der Waals surface area (Å²) in [6.07, 6.45) is 1.47. The number of para-hydroxylation sites is 1. The van der Waals surface area contributed by atoms with E-state index in [1.54, 1.807) is 11.0 Å². The van der Waals surface area contributed by atoms with Crippen LogP contribution in [0, 0.1) is 0 Å². The molecule has 30 heavy (non-hydrogen) atoms. The summed E-state index contributed by atoms with van der Waals surface area (Å²) in [7, 11) is -3.53. The molecular weight excluding hydrogens is 410 g/mol. The summed E-state index contributed by atoms with van der Waals surface area (Å²) >= 11 is 0. The Balaban J connectivity index is 1.35. The van der Waals surface area contributed by atoms with Crippen molar-refractivity contribution in [2.24, 2.45) is 0 Å². The van der Waals surface area contributed by atoms with E-state index in [9.17, 15) is 13.2 Å². The van der Waals surface area contributed by atoms with Gasteiger partial charge in [-0.05, 0) is 18.2 Å². The number of ether oxygens (including phenoxy) is 2. The molecule has 9 nitrogen and oxygen atoms in total. The molecule has 0 unspecified atom stereocenters. The number of nitrogens with zero attached hydrogens (tertiary/aromatic N) is 3. The number of furan rings is 1. The van der Waals surface area contributed by atoms with Crippen LogP contribution in [-0.4, -0.2) is 80.3 Å². The van der Waals surface area contributed by atoms with Gasteiger partial charge >= 0.3 is 0 Å². The van der Waals surface area contributed by atoms with E-state index in [1.165, 1.54) is 14.9 Å². The number of amides is 1. The zero-order valence-corrected chi connectivity index (χ0v) is 17.4. The van der Waals surface area contributed by atoms with Gasteiger partial charge in [0.2, 0.25) is 0 Å². The molecule has 0 saturated carbocycles. The van der Waals surface area contributed by atoms with Crippen LogP contribution in [0.1, 0.15) is 16.1 Å². The maximum absolute atomic E-state index is 12.9. The molecule has 2 fully saturated rings. The van der Waals surface area contributed by atoms with Crippen LogP contribution in [0.15, 0.2) is 47.1 Å². The summed E-state index contributed by atoms with van der Waals surface area (Å²) in [5, 5.41) is 0. The molecule has 0 N–H and O–H groups in total. The molecular formula is C20H25N3O6S. The Bertz CT molecular complexity index is 948. The Hall–Kier alpha value is -2.40. The average Bonchev–Trinajstić information content (AvgIpc) is 3.27. The maximum atomic E-state index is 12.9. The van der Waals surface area contributed by atoms with Crippen molar-refractivity contribution in [3.63, 3.8) is 0 Å². The van der Waals surface area contributed by atoms with E-state index >= 15 is 0 Å². The van der Waals surface area contributed by atoms with Gasteiger partial charge in [-0.1, -0.05) is 18.2 Å². The SMILES string of the molecule is O=C(c1occc1COc1ccccc1)N1CCN(S(=O)(=O)N2CCOCC2)CC1. The van der Waals surface area contributed by atoms with Gasteiger partial charge in [0, 0.05) is 44.8 Å². The fourth-order valence-corrected chi connectivity index (χ4v) is 5.08. The van der Waals surface area contributed by atoms with Crippen molar-refractivity contribution in [3.05, 3.63) is 54.0 Å². The molecule has 4 rings (SSSR count). The third-order valence-electron chi connectivity index (χ3n) is 5.23. The van der Waals surface area contributed by atoms with Crippen LogP contribution in [0.2, 0.25) is 0 Å². The minimum atomic E-state index is -3.53. The normalized spacial score (nSPS) is 19.0. The third kappa shape index (κ3) is 4.51. The molecule has 0 bridgehead atoms. The van der Waals surface area contributed by atoms with Crippen molar-refractivity contribution in [2.45, 2.75) is 6.61 Å². The van der Waals surface area contributed by atoms with Gasteiger partial charge < -0.3 is 18.8 Å². The molecule has 1 aromatic heterocycles. The first-order valence-electron chi connectivity index (χ1n) is 9.92. The zero-order chi connectivity index (χ0) is 21.0. The van der Waals surface area contributed by atoms with Gasteiger partial charge in [-0.2, -0.15) is 17.0 Å². The highest BCUT2D eigenvalue weighted by atomic mass is 32.2. The van der Waals surface area contributed by atoms with E-state index in [2.05, 4.69) is 0 Å². The molecule has 2 saturated heterocycles. The van der Waals surface area contributed by atoms with Crippen LogP contribution in [0.3, 0.4) is 0 Å². The number of hydrogen-bond acceptors (Lipinski definition) is 6. The van der Waals surface area contributed by atoms with Crippen molar-refractivity contribution in [1.29, 1.82) is 0 Å². The van der Waals surface area contributed by atoms with Crippen LogP contribution >= 0.6 is 0 Å². The molecule has 3 heterocycles. The predicted molar refractivity (Wildman–Crippen MR) is 108 cm³/mol. The molecule has 0 aliphatic carbocycles. The standard InChI is InChI=1S/C20H25N3O6S/c24-20(19-17(6-13-28-19)16-29-18-4-2-1-3-5-18)21-7-9-22(10-8-21)30(25,26)23-11-14-27-15-12-23/h1-6,13H,7-12,14-16H2. The highest BCUT2D eigenvalue weighted by Crippen LogP contribution is 2.20. The van der Waals surface area contributed by atoms with E-state index in [0.717, 1.165) is 0 Å². The van der Waals surface area contributed by atoms with Gasteiger partial charge in [-0.15, -0.1) is 0 Å². The second-order valence-electron chi connectivity index (χ2n) is 7.09. The highest BCUT2D eigenvalue weighted by molar-refractivity contribution is 7.86. The first-order chi connectivity index (χ1) is 14.6. The molecule has 0 atom stereocenters. The minimum absolute atomic E-state index is 0.215. The molecule has 2 aromatic rings. The summed E-state index contributed by atoms with van der Waals surface area (Å²) < 4.78 is 44.8. The minimum Gasteiger partial charge on any atom is -0.489 e. The van der Waals surface area contributed by atoms with Crippen LogP contribution in [0.4, 0.5) is 0 Å². The Labute approximate surface area is 175 Å². The molecule has 0 spiro atoms. The first-order valence-corrected chi connectivity index (χ1v) is 11.3. The number of hydrogen-bond donors (Lipinski definition) is 0. The van der Waals surface area contributed by atoms with Crippen molar-refractivity contribution in [2.75, 3.05) is 52.5 Å². The lowest BCUT2D eigenvalue weighted by Gasteiger charge is -2.37. The lowest BCUT2D eigenvalue weighted by atomic mass is 10.2. The van der Waals surface area contributed by atoms with E-state index in [-0.39, 0.29) is 31.4 Å². The van der Waals surface area contributed by atoms with Gasteiger partial charge in [0.05, 0.1) is 19.5 Å². The first kappa shape index (κ1) is 20.9. The van der Waals surface area contributed by atoms with Crippen molar-refractivity contribution < 1.29 is 27.1 Å². The Morgan fingerprint density at radius 2 is 1.60 bits per heavy atom. The monoisotopic (exact) mass is 435 g/mol. The average molecular weight is 436 g/mol. The summed E-state index contributed by atoms with van der Waals surface area (Å²) in [6, 6.07) is 11.1. The fourth-order valence-electron chi connectivity index (χ4n) is 3.52. The van der Waals surface area contributed by atoms with E-state index in [4.69, 9.17) is 13.9 Å². The van der Waals surface area contributed by atoms with E-state index in [0.29, 0.717) is 50.7 Å². The van der Waals surface area contributed by atoms with Gasteiger partial charge in [-0.25, -0.2) is 0 Å². The van der Waals surface area contributed by atoms with E-state index in [1.807, 2.05) is 30.3 Å². The molecule has 0 radical (unpaired) electrons. The summed E-state index contributed by atoms with van der Waals surface area (Å²) in [5.74, 6) is 0.685. The summed E-state index contributed by atoms with van der Waals surface area (Å²) in [5.41, 5.74) is 0.659.